The number of benzene rings is 2. The Kier molecular flexibility index (Phi) is 6.78. The molecule has 2 aromatic carbocycles. The molecule has 0 saturated carbocycles. The predicted octanol–water partition coefficient (Wildman–Crippen LogP) is 3.69. The number of amides is 1. The van der Waals surface area contributed by atoms with Crippen LogP contribution in [0, 0.1) is 6.92 Å². The van der Waals surface area contributed by atoms with E-state index in [2.05, 4.69) is 10.3 Å². The molecule has 0 spiro atoms. The Morgan fingerprint density at radius 3 is 2.78 bits per heavy atom. The molecule has 1 N–H and O–H groups in total. The van der Waals surface area contributed by atoms with Gasteiger partial charge in [-0.3, -0.25) is 9.59 Å². The summed E-state index contributed by atoms with van der Waals surface area (Å²) in [6, 6.07) is 13.0. The normalized spacial score (nSPS) is 11.9. The molecule has 1 aliphatic heterocycles. The summed E-state index contributed by atoms with van der Waals surface area (Å²) in [7, 11) is 1.28. The fourth-order valence-electron chi connectivity index (χ4n) is 4.08. The van der Waals surface area contributed by atoms with Crippen molar-refractivity contribution in [2.75, 3.05) is 25.8 Å². The number of aryl methyl sites for hydroxylation is 1. The van der Waals surface area contributed by atoms with Crippen molar-refractivity contribution in [1.29, 1.82) is 0 Å². The van der Waals surface area contributed by atoms with Crippen LogP contribution in [0.4, 0.5) is 5.00 Å². The van der Waals surface area contributed by atoms with Gasteiger partial charge in [-0.15, -0.1) is 11.3 Å². The molecule has 1 aliphatic rings. The van der Waals surface area contributed by atoms with E-state index in [1.165, 1.54) is 18.4 Å². The summed E-state index contributed by atoms with van der Waals surface area (Å²) >= 11 is 1.26. The molecule has 2 aromatic heterocycles. The van der Waals surface area contributed by atoms with E-state index in [1.807, 2.05) is 49.4 Å². The van der Waals surface area contributed by atoms with Crippen LogP contribution in [0.3, 0.4) is 0 Å². The highest BCUT2D eigenvalue weighted by atomic mass is 32.1. The molecule has 37 heavy (non-hydrogen) atoms. The smallest absolute Gasteiger partial charge is 0.341 e. The number of imidazole rings is 1. The van der Waals surface area contributed by atoms with Crippen LogP contribution in [0.25, 0.3) is 11.0 Å². The molecule has 0 fully saturated rings. The number of anilines is 1. The molecule has 3 heterocycles. The highest BCUT2D eigenvalue weighted by Crippen LogP contribution is 2.37. The first kappa shape index (κ1) is 24.3. The van der Waals surface area contributed by atoms with Crippen molar-refractivity contribution >= 4 is 45.2 Å². The van der Waals surface area contributed by atoms with Crippen LogP contribution in [0.2, 0.25) is 0 Å². The van der Waals surface area contributed by atoms with Gasteiger partial charge >= 0.3 is 11.9 Å². The second-order valence-electron chi connectivity index (χ2n) is 8.27. The van der Waals surface area contributed by atoms with Gasteiger partial charge in [-0.25, -0.2) is 9.78 Å². The van der Waals surface area contributed by atoms with Crippen molar-refractivity contribution in [2.45, 2.75) is 19.9 Å². The minimum absolute atomic E-state index is 0.0843. The lowest BCUT2D eigenvalue weighted by Gasteiger charge is -2.09. The van der Waals surface area contributed by atoms with Crippen molar-refractivity contribution < 1.29 is 33.3 Å². The van der Waals surface area contributed by atoms with Crippen molar-refractivity contribution in [2.24, 2.45) is 0 Å². The van der Waals surface area contributed by atoms with Gasteiger partial charge in [0, 0.05) is 4.88 Å². The molecule has 0 aliphatic carbocycles. The molecule has 190 valence electrons. The van der Waals surface area contributed by atoms with Crippen LogP contribution < -0.4 is 14.8 Å². The molecule has 5 rings (SSSR count). The Hall–Kier alpha value is -4.38. The van der Waals surface area contributed by atoms with Crippen LogP contribution in [0.5, 0.6) is 11.5 Å². The van der Waals surface area contributed by atoms with Gasteiger partial charge in [-0.05, 0) is 48.7 Å². The molecule has 11 heteroatoms. The van der Waals surface area contributed by atoms with E-state index in [0.717, 1.165) is 27.0 Å². The van der Waals surface area contributed by atoms with Gasteiger partial charge in [-0.1, -0.05) is 18.2 Å². The molecule has 10 nitrogen and oxygen atoms in total. The zero-order valence-corrected chi connectivity index (χ0v) is 20.9. The first-order chi connectivity index (χ1) is 17.9. The number of methoxy groups -OCH3 is 1. The maximum absolute atomic E-state index is 12.7. The largest absolute Gasteiger partial charge is 0.465 e. The summed E-state index contributed by atoms with van der Waals surface area (Å²) in [6.45, 7) is 1.45. The lowest BCUT2D eigenvalue weighted by molar-refractivity contribution is -0.147. The van der Waals surface area contributed by atoms with Gasteiger partial charge in [-0.2, -0.15) is 0 Å². The van der Waals surface area contributed by atoms with Crippen LogP contribution >= 0.6 is 11.3 Å². The number of aromatic nitrogens is 2. The third-order valence-corrected chi connectivity index (χ3v) is 6.92. The second-order valence-corrected chi connectivity index (χ2v) is 9.49. The number of nitrogens with zero attached hydrogens (tertiary/aromatic N) is 2. The maximum atomic E-state index is 12.7. The van der Waals surface area contributed by atoms with E-state index in [-0.39, 0.29) is 18.9 Å². The third-order valence-electron chi connectivity index (χ3n) is 5.86. The van der Waals surface area contributed by atoms with Crippen molar-refractivity contribution in [3.05, 3.63) is 70.4 Å². The summed E-state index contributed by atoms with van der Waals surface area (Å²) in [5.74, 6) is -0.409. The van der Waals surface area contributed by atoms with E-state index in [9.17, 15) is 14.4 Å². The summed E-state index contributed by atoms with van der Waals surface area (Å²) in [6.07, 6.45) is 1.97. The summed E-state index contributed by atoms with van der Waals surface area (Å²) in [5.41, 5.74) is 3.46. The minimum atomic E-state index is -0.586. The lowest BCUT2D eigenvalue weighted by Crippen LogP contribution is -2.23. The molecule has 4 aromatic rings. The van der Waals surface area contributed by atoms with Gasteiger partial charge in [0.15, 0.2) is 18.1 Å². The first-order valence-corrected chi connectivity index (χ1v) is 12.2. The fourth-order valence-corrected chi connectivity index (χ4v) is 5.16. The predicted molar refractivity (Wildman–Crippen MR) is 135 cm³/mol. The van der Waals surface area contributed by atoms with Crippen LogP contribution in [-0.2, 0) is 32.0 Å². The third kappa shape index (κ3) is 5.12. The van der Waals surface area contributed by atoms with E-state index >= 15 is 0 Å². The number of thiophene rings is 1. The highest BCUT2D eigenvalue weighted by Gasteiger charge is 2.25. The van der Waals surface area contributed by atoms with Crippen LogP contribution in [0.1, 0.15) is 26.4 Å². The molecular formula is C26H23N3O7S. The average molecular weight is 522 g/mol. The number of para-hydroxylation sites is 2. The molecule has 0 bridgehead atoms. The Bertz CT molecular complexity index is 1510. The zero-order valence-electron chi connectivity index (χ0n) is 20.1. The van der Waals surface area contributed by atoms with Gasteiger partial charge in [0.1, 0.15) is 11.5 Å². The first-order valence-electron chi connectivity index (χ1n) is 11.4. The Morgan fingerprint density at radius 1 is 1.14 bits per heavy atom. The molecule has 0 saturated heterocycles. The maximum Gasteiger partial charge on any atom is 0.341 e. The summed E-state index contributed by atoms with van der Waals surface area (Å²) in [4.78, 5) is 42.7. The monoisotopic (exact) mass is 521 g/mol. The summed E-state index contributed by atoms with van der Waals surface area (Å²) < 4.78 is 22.6. The van der Waals surface area contributed by atoms with Crippen LogP contribution in [0.15, 0.2) is 48.8 Å². The zero-order chi connectivity index (χ0) is 25.9. The topological polar surface area (TPSA) is 118 Å². The lowest BCUT2D eigenvalue weighted by atomic mass is 10.0. The van der Waals surface area contributed by atoms with E-state index < -0.39 is 24.5 Å². The Morgan fingerprint density at radius 2 is 1.95 bits per heavy atom. The van der Waals surface area contributed by atoms with Gasteiger partial charge in [0.25, 0.3) is 5.91 Å². The SMILES string of the molecule is COC(=O)c1c(NC(=O)COC(=O)Cn2cnc3ccccc32)sc(C)c1Cc1ccc2c(c1)OCO2. The fraction of sp³-hybridized carbons (Fsp3) is 0.231. The molecule has 0 atom stereocenters. The number of rotatable bonds is 8. The minimum Gasteiger partial charge on any atom is -0.465 e. The number of fused-ring (bicyclic) bond motifs is 2. The molecule has 1 amide bonds. The van der Waals surface area contributed by atoms with Crippen molar-refractivity contribution in [1.82, 2.24) is 9.55 Å². The average Bonchev–Trinajstić information content (AvgIpc) is 3.60. The number of nitrogens with one attached hydrogen (secondary N) is 1. The van der Waals surface area contributed by atoms with Crippen LogP contribution in [-0.4, -0.2) is 47.9 Å². The highest BCUT2D eigenvalue weighted by molar-refractivity contribution is 7.16. The number of carbonyl (C=O) groups is 3. The number of esters is 2. The number of hydrogen-bond donors (Lipinski definition) is 1. The number of hydrogen-bond acceptors (Lipinski definition) is 9. The standard InChI is InChI=1S/C26H23N3O7S/c1-15-17(9-16-7-8-20-21(10-16)36-14-35-20)24(26(32)33-2)25(37-15)28-22(30)12-34-23(31)11-29-13-27-18-5-3-4-6-19(18)29/h3-8,10,13H,9,11-12,14H2,1-2H3,(H,28,30). The second kappa shape index (κ2) is 10.3. The number of ether oxygens (including phenoxy) is 4. The Balaban J connectivity index is 1.26. The van der Waals surface area contributed by atoms with Crippen molar-refractivity contribution in [3.8, 4) is 11.5 Å². The molecular weight excluding hydrogens is 498 g/mol. The van der Waals surface area contributed by atoms with E-state index in [1.54, 1.807) is 10.9 Å². The van der Waals surface area contributed by atoms with Crippen molar-refractivity contribution in [3.63, 3.8) is 0 Å². The molecule has 0 radical (unpaired) electrons. The van der Waals surface area contributed by atoms with Gasteiger partial charge in [0.2, 0.25) is 6.79 Å². The number of carbonyl (C=O) groups excluding carboxylic acids is 3. The summed E-state index contributed by atoms with van der Waals surface area (Å²) in [5, 5.41) is 3.03. The van der Waals surface area contributed by atoms with E-state index in [4.69, 9.17) is 18.9 Å². The molecule has 0 unspecified atom stereocenters. The quantitative estimate of drug-likeness (QED) is 0.349. The Labute approximate surface area is 215 Å². The van der Waals surface area contributed by atoms with Gasteiger partial charge in [0.05, 0.1) is 30.0 Å². The van der Waals surface area contributed by atoms with Gasteiger partial charge < -0.3 is 28.8 Å². The van der Waals surface area contributed by atoms with E-state index in [0.29, 0.717) is 22.9 Å².